The number of aromatic nitrogens is 2. The van der Waals surface area contributed by atoms with Crippen molar-refractivity contribution in [2.75, 3.05) is 13.1 Å². The van der Waals surface area contributed by atoms with Crippen molar-refractivity contribution in [3.8, 4) is 0 Å². The molecule has 0 saturated carbocycles. The van der Waals surface area contributed by atoms with Crippen molar-refractivity contribution >= 4 is 11.8 Å². The maximum atomic E-state index is 12.9. The van der Waals surface area contributed by atoms with Crippen molar-refractivity contribution in [1.82, 2.24) is 19.8 Å². The average molecular weight is 368 g/mol. The van der Waals surface area contributed by atoms with Crippen LogP contribution in [0.2, 0.25) is 0 Å². The van der Waals surface area contributed by atoms with Crippen LogP contribution in [0.5, 0.6) is 0 Å². The standard InChI is InChI=1S/C20H24N4O3/c1-23-12-15(21-13-23)18(26)24-9-7-20(8-10-24)11-16(25)17(22-19(20)27)14-5-3-2-4-6-14/h2-6,12-13,16-17,25H,7-11H2,1H3,(H,22,27)/t16-,17+/m1/s1. The average Bonchev–Trinajstić information content (AvgIpc) is 3.12. The fourth-order valence-corrected chi connectivity index (χ4v) is 4.22. The summed E-state index contributed by atoms with van der Waals surface area (Å²) in [6, 6.07) is 9.18. The van der Waals surface area contributed by atoms with Gasteiger partial charge in [0.05, 0.1) is 23.9 Å². The van der Waals surface area contributed by atoms with Crippen LogP contribution in [0, 0.1) is 5.41 Å². The van der Waals surface area contributed by atoms with E-state index in [0.29, 0.717) is 38.0 Å². The zero-order chi connectivity index (χ0) is 19.0. The number of aliphatic hydroxyl groups excluding tert-OH is 1. The second-order valence-corrected chi connectivity index (χ2v) is 7.63. The number of carbonyl (C=O) groups is 2. The number of aliphatic hydroxyl groups is 1. The SMILES string of the molecule is Cn1cnc(C(=O)N2CCC3(CC2)C[C@@H](O)[C@H](c2ccccc2)NC3=O)c1. The summed E-state index contributed by atoms with van der Waals surface area (Å²) in [5.74, 6) is -0.129. The zero-order valence-corrected chi connectivity index (χ0v) is 15.3. The van der Waals surface area contributed by atoms with Gasteiger partial charge in [-0.15, -0.1) is 0 Å². The van der Waals surface area contributed by atoms with Gasteiger partial charge in [0.15, 0.2) is 0 Å². The summed E-state index contributed by atoms with van der Waals surface area (Å²) in [7, 11) is 1.83. The van der Waals surface area contributed by atoms with Crippen molar-refractivity contribution in [3.63, 3.8) is 0 Å². The number of nitrogens with zero attached hydrogens (tertiary/aromatic N) is 3. The molecule has 142 valence electrons. The van der Waals surface area contributed by atoms with Crippen molar-refractivity contribution in [1.29, 1.82) is 0 Å². The highest BCUT2D eigenvalue weighted by Gasteiger charge is 2.49. The van der Waals surface area contributed by atoms with Crippen molar-refractivity contribution in [2.24, 2.45) is 12.5 Å². The fourth-order valence-electron chi connectivity index (χ4n) is 4.22. The zero-order valence-electron chi connectivity index (χ0n) is 15.3. The smallest absolute Gasteiger partial charge is 0.274 e. The summed E-state index contributed by atoms with van der Waals surface area (Å²) in [5.41, 5.74) is 0.729. The number of piperidine rings is 2. The number of likely N-dealkylation sites (tertiary alicyclic amines) is 1. The lowest BCUT2D eigenvalue weighted by Gasteiger charge is -2.46. The Labute approximate surface area is 158 Å². The van der Waals surface area contributed by atoms with Crippen molar-refractivity contribution < 1.29 is 14.7 Å². The molecule has 3 heterocycles. The van der Waals surface area contributed by atoms with Gasteiger partial charge in [0, 0.05) is 26.3 Å². The molecule has 27 heavy (non-hydrogen) atoms. The van der Waals surface area contributed by atoms with Gasteiger partial charge < -0.3 is 19.9 Å². The van der Waals surface area contributed by atoms with Crippen LogP contribution >= 0.6 is 0 Å². The Bertz CT molecular complexity index is 840. The van der Waals surface area contributed by atoms with E-state index in [1.807, 2.05) is 37.4 Å². The van der Waals surface area contributed by atoms with Crippen LogP contribution in [0.4, 0.5) is 0 Å². The molecule has 2 N–H and O–H groups in total. The number of imidazole rings is 1. The lowest BCUT2D eigenvalue weighted by atomic mass is 9.69. The van der Waals surface area contributed by atoms with Crippen LogP contribution in [0.15, 0.2) is 42.9 Å². The third-order valence-electron chi connectivity index (χ3n) is 5.84. The second-order valence-electron chi connectivity index (χ2n) is 7.63. The van der Waals surface area contributed by atoms with Crippen LogP contribution < -0.4 is 5.32 Å². The topological polar surface area (TPSA) is 87.5 Å². The van der Waals surface area contributed by atoms with E-state index in [1.54, 1.807) is 22.0 Å². The molecule has 2 fully saturated rings. The maximum absolute atomic E-state index is 12.9. The van der Waals surface area contributed by atoms with E-state index in [4.69, 9.17) is 0 Å². The maximum Gasteiger partial charge on any atom is 0.274 e. The van der Waals surface area contributed by atoms with Gasteiger partial charge in [-0.1, -0.05) is 30.3 Å². The Morgan fingerprint density at radius 3 is 2.59 bits per heavy atom. The van der Waals surface area contributed by atoms with Crippen LogP contribution in [0.1, 0.15) is 41.4 Å². The normalized spacial score (nSPS) is 24.7. The Hall–Kier alpha value is -2.67. The lowest BCUT2D eigenvalue weighted by molar-refractivity contribution is -0.143. The molecule has 7 nitrogen and oxygen atoms in total. The van der Waals surface area contributed by atoms with Gasteiger partial charge in [-0.3, -0.25) is 9.59 Å². The number of rotatable bonds is 2. The summed E-state index contributed by atoms with van der Waals surface area (Å²) in [5, 5.41) is 13.7. The van der Waals surface area contributed by atoms with Gasteiger partial charge in [0.25, 0.3) is 5.91 Å². The molecular formula is C20H24N4O3. The molecule has 1 aromatic carbocycles. The molecule has 7 heteroatoms. The largest absolute Gasteiger partial charge is 0.391 e. The fraction of sp³-hybridized carbons (Fsp3) is 0.450. The summed E-state index contributed by atoms with van der Waals surface area (Å²) in [6.07, 6.45) is 4.19. The molecule has 2 aliphatic heterocycles. The van der Waals surface area contributed by atoms with Crippen molar-refractivity contribution in [2.45, 2.75) is 31.4 Å². The second kappa shape index (κ2) is 6.81. The number of hydrogen-bond acceptors (Lipinski definition) is 4. The van der Waals surface area contributed by atoms with Gasteiger partial charge >= 0.3 is 0 Å². The van der Waals surface area contributed by atoms with Crippen LogP contribution in [-0.4, -0.2) is 50.6 Å². The number of aryl methyl sites for hydroxylation is 1. The molecule has 0 unspecified atom stereocenters. The predicted molar refractivity (Wildman–Crippen MR) is 98.7 cm³/mol. The van der Waals surface area contributed by atoms with Gasteiger partial charge in [0.1, 0.15) is 5.69 Å². The number of hydrogen-bond donors (Lipinski definition) is 2. The number of nitrogens with one attached hydrogen (secondary N) is 1. The molecule has 2 atom stereocenters. The first kappa shape index (κ1) is 17.7. The minimum Gasteiger partial charge on any atom is -0.391 e. The van der Waals surface area contributed by atoms with Crippen LogP contribution in [0.3, 0.4) is 0 Å². The number of benzene rings is 1. The number of amides is 2. The Kier molecular flexibility index (Phi) is 4.47. The summed E-state index contributed by atoms with van der Waals surface area (Å²) in [4.78, 5) is 31.3. The Morgan fingerprint density at radius 1 is 1.26 bits per heavy atom. The quantitative estimate of drug-likeness (QED) is 0.836. The number of carbonyl (C=O) groups excluding carboxylic acids is 2. The third kappa shape index (κ3) is 3.23. The molecule has 1 spiro atoms. The van der Waals surface area contributed by atoms with Crippen LogP contribution in [-0.2, 0) is 11.8 Å². The summed E-state index contributed by atoms with van der Waals surface area (Å²) >= 11 is 0. The minimum absolute atomic E-state index is 0.0217. The van der Waals surface area contributed by atoms with E-state index in [1.165, 1.54) is 0 Å². The molecule has 2 aliphatic rings. The minimum atomic E-state index is -0.636. The van der Waals surface area contributed by atoms with E-state index in [9.17, 15) is 14.7 Å². The van der Waals surface area contributed by atoms with E-state index in [2.05, 4.69) is 10.3 Å². The lowest BCUT2D eigenvalue weighted by Crippen LogP contribution is -2.57. The molecule has 0 radical (unpaired) electrons. The molecular weight excluding hydrogens is 344 g/mol. The predicted octanol–water partition coefficient (Wildman–Crippen LogP) is 1.26. The first-order chi connectivity index (χ1) is 13.0. The van der Waals surface area contributed by atoms with Gasteiger partial charge in [-0.05, 0) is 24.8 Å². The van der Waals surface area contributed by atoms with Crippen LogP contribution in [0.25, 0.3) is 0 Å². The van der Waals surface area contributed by atoms with Gasteiger partial charge in [-0.2, -0.15) is 0 Å². The highest BCUT2D eigenvalue weighted by molar-refractivity contribution is 5.92. The molecule has 2 aromatic rings. The first-order valence-corrected chi connectivity index (χ1v) is 9.30. The first-order valence-electron chi connectivity index (χ1n) is 9.30. The Morgan fingerprint density at radius 2 is 1.96 bits per heavy atom. The summed E-state index contributed by atoms with van der Waals surface area (Å²) in [6.45, 7) is 0.983. The van der Waals surface area contributed by atoms with E-state index < -0.39 is 11.5 Å². The highest BCUT2D eigenvalue weighted by atomic mass is 16.3. The molecule has 0 bridgehead atoms. The molecule has 1 aromatic heterocycles. The van der Waals surface area contributed by atoms with Gasteiger partial charge in [-0.25, -0.2) is 4.98 Å². The van der Waals surface area contributed by atoms with E-state index >= 15 is 0 Å². The van der Waals surface area contributed by atoms with E-state index in [-0.39, 0.29) is 17.9 Å². The third-order valence-corrected chi connectivity index (χ3v) is 5.84. The van der Waals surface area contributed by atoms with Crippen molar-refractivity contribution in [3.05, 3.63) is 54.1 Å². The monoisotopic (exact) mass is 368 g/mol. The molecule has 2 saturated heterocycles. The summed E-state index contributed by atoms with van der Waals surface area (Å²) < 4.78 is 1.74. The Balaban J connectivity index is 1.44. The van der Waals surface area contributed by atoms with E-state index in [0.717, 1.165) is 5.56 Å². The molecule has 2 amide bonds. The highest BCUT2D eigenvalue weighted by Crippen LogP contribution is 2.42. The molecule has 0 aliphatic carbocycles. The van der Waals surface area contributed by atoms with Gasteiger partial charge in [0.2, 0.25) is 5.91 Å². The molecule has 4 rings (SSSR count).